The van der Waals surface area contributed by atoms with Gasteiger partial charge in [-0.25, -0.2) is 29.5 Å². The van der Waals surface area contributed by atoms with Crippen molar-refractivity contribution in [1.29, 1.82) is 0 Å². The standard InChI is InChI=1S/C26H26N4O.C22H18N4O/c1-2-3-10-17-27-26(31)28-21-15-16-22-23(18-21)30-25(20-13-8-5-9-14-20)24(29-22)19-11-6-4-7-12-19;1-23-22(27)24-17-12-13-18-19(14-17)26-21(16-10-6-3-7-11-16)20(25-18)15-8-4-2-5-9-15/h4-9,11-16,18H,2-3,10,17H2,1H3,(H2,27,28,31);2-14H,1H3,(H2,23,24,27). The SMILES string of the molecule is CCCCCNC(=O)Nc1ccc2nc(-c3ccccc3)c(-c3ccccc3)nc2c1.CNC(=O)Nc1ccc2nc(-c3ccccc3)c(-c3ccccc3)nc2c1. The number of rotatable bonds is 10. The fraction of sp³-hybridized carbons (Fsp3) is 0.125. The van der Waals surface area contributed by atoms with Gasteiger partial charge in [0.2, 0.25) is 0 Å². The molecule has 0 aliphatic rings. The first-order valence-corrected chi connectivity index (χ1v) is 19.4. The van der Waals surface area contributed by atoms with Crippen molar-refractivity contribution in [3.63, 3.8) is 0 Å². The van der Waals surface area contributed by atoms with Gasteiger partial charge in [-0.1, -0.05) is 141 Å². The molecule has 0 spiro atoms. The molecule has 0 radical (unpaired) electrons. The Balaban J connectivity index is 0.000000178. The van der Waals surface area contributed by atoms with Crippen LogP contribution in [0.2, 0.25) is 0 Å². The third-order valence-corrected chi connectivity index (χ3v) is 9.33. The van der Waals surface area contributed by atoms with Crippen molar-refractivity contribution >= 4 is 45.5 Å². The molecule has 0 fully saturated rings. The molecule has 0 bridgehead atoms. The van der Waals surface area contributed by atoms with Crippen LogP contribution in [0.1, 0.15) is 26.2 Å². The molecule has 0 saturated heterocycles. The summed E-state index contributed by atoms with van der Waals surface area (Å²) in [5.74, 6) is 0. The van der Waals surface area contributed by atoms with Crippen LogP contribution in [-0.2, 0) is 0 Å². The van der Waals surface area contributed by atoms with Gasteiger partial charge in [0.15, 0.2) is 0 Å². The number of aromatic nitrogens is 4. The minimum atomic E-state index is -0.272. The van der Waals surface area contributed by atoms with E-state index >= 15 is 0 Å². The molecular weight excluding hydrogens is 721 g/mol. The number of amides is 4. The first-order chi connectivity index (χ1) is 28.5. The van der Waals surface area contributed by atoms with Gasteiger partial charge in [-0.15, -0.1) is 0 Å². The molecule has 6 aromatic carbocycles. The quantitative estimate of drug-likeness (QED) is 0.102. The van der Waals surface area contributed by atoms with E-state index in [4.69, 9.17) is 19.9 Å². The minimum Gasteiger partial charge on any atom is -0.341 e. The number of benzene rings is 6. The van der Waals surface area contributed by atoms with Gasteiger partial charge in [-0.3, -0.25) is 0 Å². The van der Waals surface area contributed by atoms with Gasteiger partial charge in [0.05, 0.1) is 44.8 Å². The van der Waals surface area contributed by atoms with Crippen LogP contribution in [0.25, 0.3) is 67.1 Å². The lowest BCUT2D eigenvalue weighted by Crippen LogP contribution is -2.29. The van der Waals surface area contributed by atoms with Crippen molar-refractivity contribution in [2.45, 2.75) is 26.2 Å². The zero-order chi connectivity index (χ0) is 40.1. The largest absolute Gasteiger partial charge is 0.341 e. The van der Waals surface area contributed by atoms with Crippen molar-refractivity contribution < 1.29 is 9.59 Å². The highest BCUT2D eigenvalue weighted by Gasteiger charge is 2.15. The Morgan fingerprint density at radius 3 is 1.17 bits per heavy atom. The molecule has 0 saturated carbocycles. The molecule has 8 rings (SSSR count). The fourth-order valence-corrected chi connectivity index (χ4v) is 6.40. The van der Waals surface area contributed by atoms with Crippen molar-refractivity contribution in [2.24, 2.45) is 0 Å². The van der Waals surface area contributed by atoms with Crippen LogP contribution in [0.15, 0.2) is 158 Å². The summed E-state index contributed by atoms with van der Waals surface area (Å²) in [5, 5.41) is 11.1. The van der Waals surface area contributed by atoms with Crippen LogP contribution >= 0.6 is 0 Å². The van der Waals surface area contributed by atoms with E-state index in [0.717, 1.165) is 86.4 Å². The van der Waals surface area contributed by atoms with Gasteiger partial charge >= 0.3 is 12.1 Å². The number of nitrogens with zero attached hydrogens (tertiary/aromatic N) is 4. The second kappa shape index (κ2) is 18.9. The number of fused-ring (bicyclic) bond motifs is 2. The predicted molar refractivity (Wildman–Crippen MR) is 235 cm³/mol. The molecule has 2 heterocycles. The zero-order valence-corrected chi connectivity index (χ0v) is 32.4. The maximum absolute atomic E-state index is 12.2. The highest BCUT2D eigenvalue weighted by Crippen LogP contribution is 2.33. The zero-order valence-electron chi connectivity index (χ0n) is 32.4. The predicted octanol–water partition coefficient (Wildman–Crippen LogP) is 11.0. The van der Waals surface area contributed by atoms with Gasteiger partial charge in [-0.05, 0) is 42.8 Å². The first kappa shape index (κ1) is 38.8. The van der Waals surface area contributed by atoms with Gasteiger partial charge in [-0.2, -0.15) is 0 Å². The highest BCUT2D eigenvalue weighted by atomic mass is 16.2. The Morgan fingerprint density at radius 2 is 0.810 bits per heavy atom. The van der Waals surface area contributed by atoms with Crippen molar-refractivity contribution in [3.05, 3.63) is 158 Å². The number of hydrogen-bond acceptors (Lipinski definition) is 6. The second-order valence-corrected chi connectivity index (χ2v) is 13.5. The molecule has 58 heavy (non-hydrogen) atoms. The third kappa shape index (κ3) is 9.66. The smallest absolute Gasteiger partial charge is 0.319 e. The topological polar surface area (TPSA) is 134 Å². The second-order valence-electron chi connectivity index (χ2n) is 13.5. The van der Waals surface area contributed by atoms with Gasteiger partial charge < -0.3 is 21.3 Å². The van der Waals surface area contributed by atoms with Crippen molar-refractivity contribution in [3.8, 4) is 45.0 Å². The van der Waals surface area contributed by atoms with Crippen molar-refractivity contribution in [2.75, 3.05) is 24.2 Å². The number of hydrogen-bond donors (Lipinski definition) is 4. The number of carbonyl (C=O) groups is 2. The minimum absolute atomic E-state index is 0.201. The maximum Gasteiger partial charge on any atom is 0.319 e. The van der Waals surface area contributed by atoms with Gasteiger partial charge in [0.25, 0.3) is 0 Å². The molecule has 10 heteroatoms. The molecule has 288 valence electrons. The van der Waals surface area contributed by atoms with E-state index in [1.54, 1.807) is 7.05 Å². The Labute approximate surface area is 337 Å². The van der Waals surface area contributed by atoms with Crippen LogP contribution in [0, 0.1) is 0 Å². The summed E-state index contributed by atoms with van der Waals surface area (Å²) in [6.07, 6.45) is 3.22. The Kier molecular flexibility index (Phi) is 12.7. The summed E-state index contributed by atoms with van der Waals surface area (Å²) < 4.78 is 0. The molecule has 0 unspecified atom stereocenters. The summed E-state index contributed by atoms with van der Waals surface area (Å²) >= 11 is 0. The summed E-state index contributed by atoms with van der Waals surface area (Å²) in [6, 6.07) is 50.8. The van der Waals surface area contributed by atoms with E-state index in [0.29, 0.717) is 17.9 Å². The molecule has 0 atom stereocenters. The molecule has 4 amide bonds. The number of anilines is 2. The number of carbonyl (C=O) groups excluding carboxylic acids is 2. The maximum atomic E-state index is 12.2. The van der Waals surface area contributed by atoms with Gasteiger partial charge in [0.1, 0.15) is 0 Å². The van der Waals surface area contributed by atoms with E-state index in [1.807, 2.05) is 158 Å². The summed E-state index contributed by atoms with van der Waals surface area (Å²) in [6.45, 7) is 2.81. The molecule has 4 N–H and O–H groups in total. The van der Waals surface area contributed by atoms with E-state index in [2.05, 4.69) is 28.2 Å². The summed E-state index contributed by atoms with van der Waals surface area (Å²) in [4.78, 5) is 43.4. The Bertz CT molecular complexity index is 2620. The van der Waals surface area contributed by atoms with E-state index in [9.17, 15) is 9.59 Å². The lowest BCUT2D eigenvalue weighted by Gasteiger charge is -2.12. The van der Waals surface area contributed by atoms with Crippen molar-refractivity contribution in [1.82, 2.24) is 30.6 Å². The molecule has 2 aromatic heterocycles. The number of nitrogens with one attached hydrogen (secondary N) is 4. The Morgan fingerprint density at radius 1 is 0.448 bits per heavy atom. The number of unbranched alkanes of at least 4 members (excludes halogenated alkanes) is 2. The molecule has 0 aliphatic carbocycles. The summed E-state index contributed by atoms with van der Waals surface area (Å²) in [5.41, 5.74) is 11.7. The lowest BCUT2D eigenvalue weighted by atomic mass is 10.0. The van der Waals surface area contributed by atoms with E-state index in [1.165, 1.54) is 0 Å². The monoisotopic (exact) mass is 764 g/mol. The molecule has 10 nitrogen and oxygen atoms in total. The lowest BCUT2D eigenvalue weighted by molar-refractivity contribution is 0.251. The Hall–Kier alpha value is -7.46. The normalized spacial score (nSPS) is 10.7. The van der Waals surface area contributed by atoms with Crippen LogP contribution < -0.4 is 21.3 Å². The average molecular weight is 765 g/mol. The number of urea groups is 2. The first-order valence-electron chi connectivity index (χ1n) is 19.4. The molecular formula is C48H44N8O2. The third-order valence-electron chi connectivity index (χ3n) is 9.33. The fourth-order valence-electron chi connectivity index (χ4n) is 6.40. The highest BCUT2D eigenvalue weighted by molar-refractivity contribution is 5.94. The molecule has 0 aliphatic heterocycles. The molecule has 8 aromatic rings. The van der Waals surface area contributed by atoms with Gasteiger partial charge in [0, 0.05) is 47.2 Å². The van der Waals surface area contributed by atoms with Crippen LogP contribution in [-0.4, -0.2) is 45.6 Å². The van der Waals surface area contributed by atoms with E-state index < -0.39 is 0 Å². The summed E-state index contributed by atoms with van der Waals surface area (Å²) in [7, 11) is 1.58. The van der Waals surface area contributed by atoms with E-state index in [-0.39, 0.29) is 12.1 Å². The van der Waals surface area contributed by atoms with Crippen LogP contribution in [0.4, 0.5) is 21.0 Å². The van der Waals surface area contributed by atoms with Crippen LogP contribution in [0.5, 0.6) is 0 Å². The average Bonchev–Trinajstić information content (AvgIpc) is 3.28. The van der Waals surface area contributed by atoms with Crippen LogP contribution in [0.3, 0.4) is 0 Å².